The first-order valence-electron chi connectivity index (χ1n) is 9.14. The zero-order valence-corrected chi connectivity index (χ0v) is 17.9. The highest BCUT2D eigenvalue weighted by molar-refractivity contribution is 7.99. The van der Waals surface area contributed by atoms with Gasteiger partial charge >= 0.3 is 5.56 Å². The molecule has 4 aromatic rings. The summed E-state index contributed by atoms with van der Waals surface area (Å²) in [5.41, 5.74) is 3.51. The highest BCUT2D eigenvalue weighted by atomic mass is 35.5. The summed E-state index contributed by atoms with van der Waals surface area (Å²) < 4.78 is 3.15. The van der Waals surface area contributed by atoms with Crippen molar-refractivity contribution >= 4 is 40.6 Å². The van der Waals surface area contributed by atoms with Crippen LogP contribution in [0.2, 0.25) is 5.02 Å². The predicted octanol–water partition coefficient (Wildman–Crippen LogP) is 3.88. The largest absolute Gasteiger partial charge is 0.325 e. The summed E-state index contributed by atoms with van der Waals surface area (Å²) in [6.45, 7) is 3.97. The van der Waals surface area contributed by atoms with Crippen LogP contribution in [0.1, 0.15) is 11.1 Å². The molecule has 0 bridgehead atoms. The number of hydrogen-bond donors (Lipinski definition) is 1. The normalized spacial score (nSPS) is 11.0. The standard InChI is InChI=1S/C21H18ClN5O2S/c1-13-9-14(2)11-17(10-13)26-7-8-27-19(20(26)29)24-25-21(27)30-12-18(28)23-16-5-3-15(22)4-6-16/h3-11H,12H2,1-2H3,(H,23,28). The number of nitrogens with one attached hydrogen (secondary N) is 1. The van der Waals surface area contributed by atoms with Crippen molar-refractivity contribution in [1.82, 2.24) is 19.2 Å². The molecule has 152 valence electrons. The molecule has 1 amide bonds. The number of aromatic nitrogens is 4. The fourth-order valence-electron chi connectivity index (χ4n) is 3.12. The summed E-state index contributed by atoms with van der Waals surface area (Å²) in [7, 11) is 0. The molecule has 2 aromatic heterocycles. The Morgan fingerprint density at radius 2 is 1.77 bits per heavy atom. The predicted molar refractivity (Wildman–Crippen MR) is 119 cm³/mol. The van der Waals surface area contributed by atoms with Crippen LogP contribution in [0.5, 0.6) is 0 Å². The van der Waals surface area contributed by atoms with Gasteiger partial charge in [0.2, 0.25) is 11.6 Å². The fourth-order valence-corrected chi connectivity index (χ4v) is 3.96. The summed E-state index contributed by atoms with van der Waals surface area (Å²) in [5, 5.41) is 12.0. The van der Waals surface area contributed by atoms with E-state index in [0.29, 0.717) is 15.9 Å². The zero-order valence-electron chi connectivity index (χ0n) is 16.3. The lowest BCUT2D eigenvalue weighted by atomic mass is 10.1. The van der Waals surface area contributed by atoms with Crippen LogP contribution < -0.4 is 10.9 Å². The van der Waals surface area contributed by atoms with Crippen LogP contribution >= 0.6 is 23.4 Å². The number of nitrogens with zero attached hydrogens (tertiary/aromatic N) is 4. The number of benzene rings is 2. The summed E-state index contributed by atoms with van der Waals surface area (Å²) >= 11 is 7.05. The third-order valence-corrected chi connectivity index (χ3v) is 5.58. The summed E-state index contributed by atoms with van der Waals surface area (Å²) in [4.78, 5) is 25.1. The van der Waals surface area contributed by atoms with Crippen molar-refractivity contribution in [2.45, 2.75) is 19.0 Å². The molecule has 7 nitrogen and oxygen atoms in total. The molecule has 0 fully saturated rings. The number of thioether (sulfide) groups is 1. The van der Waals surface area contributed by atoms with E-state index in [1.807, 2.05) is 32.0 Å². The molecule has 0 saturated carbocycles. The van der Waals surface area contributed by atoms with Gasteiger partial charge in [-0.05, 0) is 61.4 Å². The molecule has 2 heterocycles. The average Bonchev–Trinajstić information content (AvgIpc) is 3.12. The molecule has 1 N–H and O–H groups in total. The van der Waals surface area contributed by atoms with E-state index in [9.17, 15) is 9.59 Å². The molecule has 0 aliphatic carbocycles. The van der Waals surface area contributed by atoms with Crippen LogP contribution in [0.4, 0.5) is 5.69 Å². The van der Waals surface area contributed by atoms with Crippen molar-refractivity contribution in [3.05, 3.63) is 81.4 Å². The van der Waals surface area contributed by atoms with Gasteiger partial charge in [0.15, 0.2) is 5.16 Å². The third kappa shape index (κ3) is 4.24. The number of rotatable bonds is 5. The van der Waals surface area contributed by atoms with Crippen LogP contribution in [0.3, 0.4) is 0 Å². The smallest absolute Gasteiger partial charge is 0.300 e. The number of carbonyl (C=O) groups is 1. The van der Waals surface area contributed by atoms with Gasteiger partial charge in [0.1, 0.15) is 0 Å². The van der Waals surface area contributed by atoms with Gasteiger partial charge in [-0.25, -0.2) is 0 Å². The van der Waals surface area contributed by atoms with Crippen molar-refractivity contribution in [1.29, 1.82) is 0 Å². The highest BCUT2D eigenvalue weighted by Crippen LogP contribution is 2.18. The van der Waals surface area contributed by atoms with Crippen LogP contribution in [0.15, 0.2) is 64.8 Å². The molecule has 0 spiro atoms. The van der Waals surface area contributed by atoms with Gasteiger partial charge in [-0.15, -0.1) is 10.2 Å². The number of halogens is 1. The quantitative estimate of drug-likeness (QED) is 0.477. The lowest BCUT2D eigenvalue weighted by molar-refractivity contribution is -0.113. The molecule has 30 heavy (non-hydrogen) atoms. The summed E-state index contributed by atoms with van der Waals surface area (Å²) in [6, 6.07) is 12.8. The molecule has 0 unspecified atom stereocenters. The molecule has 4 rings (SSSR count). The molecular formula is C21H18ClN5O2S. The summed E-state index contributed by atoms with van der Waals surface area (Å²) in [6.07, 6.45) is 3.42. The maximum atomic E-state index is 12.9. The minimum atomic E-state index is -0.271. The third-order valence-electron chi connectivity index (χ3n) is 4.38. The number of hydrogen-bond acceptors (Lipinski definition) is 5. The Labute approximate surface area is 181 Å². The van der Waals surface area contributed by atoms with Crippen LogP contribution in [-0.4, -0.2) is 30.8 Å². The summed E-state index contributed by atoms with van der Waals surface area (Å²) in [5.74, 6) is -0.0634. The Kier molecular flexibility index (Phi) is 5.61. The SMILES string of the molecule is Cc1cc(C)cc(-n2ccn3c(SCC(=O)Nc4ccc(Cl)cc4)nnc3c2=O)c1. The van der Waals surface area contributed by atoms with Crippen molar-refractivity contribution < 1.29 is 4.79 Å². The lowest BCUT2D eigenvalue weighted by Crippen LogP contribution is -2.20. The molecule has 0 radical (unpaired) electrons. The Balaban J connectivity index is 1.53. The maximum Gasteiger partial charge on any atom is 0.300 e. The van der Waals surface area contributed by atoms with E-state index in [0.717, 1.165) is 16.8 Å². The molecule has 0 aliphatic heterocycles. The number of carbonyl (C=O) groups excluding carboxylic acids is 1. The van der Waals surface area contributed by atoms with Gasteiger partial charge in [-0.1, -0.05) is 29.4 Å². The number of aryl methyl sites for hydroxylation is 2. The Bertz CT molecular complexity index is 1280. The van der Waals surface area contributed by atoms with Crippen molar-refractivity contribution in [2.24, 2.45) is 0 Å². The Morgan fingerprint density at radius 1 is 1.07 bits per heavy atom. The van der Waals surface area contributed by atoms with Gasteiger partial charge in [-0.2, -0.15) is 0 Å². The fraction of sp³-hybridized carbons (Fsp3) is 0.143. The minimum absolute atomic E-state index is 0.129. The first kappa shape index (κ1) is 20.2. The monoisotopic (exact) mass is 439 g/mol. The van der Waals surface area contributed by atoms with Gasteiger partial charge in [0.25, 0.3) is 0 Å². The maximum absolute atomic E-state index is 12.9. The topological polar surface area (TPSA) is 81.3 Å². The van der Waals surface area contributed by atoms with Gasteiger partial charge in [0, 0.05) is 28.8 Å². The number of fused-ring (bicyclic) bond motifs is 1. The molecular weight excluding hydrogens is 422 g/mol. The molecule has 2 aromatic carbocycles. The first-order chi connectivity index (χ1) is 14.4. The van der Waals surface area contributed by atoms with Crippen molar-refractivity contribution in [2.75, 3.05) is 11.1 Å². The highest BCUT2D eigenvalue weighted by Gasteiger charge is 2.14. The van der Waals surface area contributed by atoms with E-state index in [2.05, 4.69) is 15.5 Å². The lowest BCUT2D eigenvalue weighted by Gasteiger charge is -2.09. The first-order valence-corrected chi connectivity index (χ1v) is 10.5. The van der Waals surface area contributed by atoms with Crippen molar-refractivity contribution in [3.63, 3.8) is 0 Å². The van der Waals surface area contributed by atoms with Gasteiger partial charge in [0.05, 0.1) is 5.75 Å². The van der Waals surface area contributed by atoms with Crippen LogP contribution in [0.25, 0.3) is 11.3 Å². The van der Waals surface area contributed by atoms with E-state index in [1.54, 1.807) is 45.6 Å². The molecule has 9 heteroatoms. The second kappa shape index (κ2) is 8.33. The average molecular weight is 440 g/mol. The van der Waals surface area contributed by atoms with E-state index in [-0.39, 0.29) is 22.9 Å². The Hall–Kier alpha value is -3.10. The van der Waals surface area contributed by atoms with E-state index in [1.165, 1.54) is 11.8 Å². The Morgan fingerprint density at radius 3 is 2.47 bits per heavy atom. The second-order valence-electron chi connectivity index (χ2n) is 6.84. The van der Waals surface area contributed by atoms with Crippen molar-refractivity contribution in [3.8, 4) is 5.69 Å². The second-order valence-corrected chi connectivity index (χ2v) is 8.22. The molecule has 0 saturated heterocycles. The minimum Gasteiger partial charge on any atom is -0.325 e. The van der Waals surface area contributed by atoms with Crippen LogP contribution in [0, 0.1) is 13.8 Å². The molecule has 0 atom stereocenters. The zero-order chi connectivity index (χ0) is 21.3. The van der Waals surface area contributed by atoms with E-state index < -0.39 is 0 Å². The van der Waals surface area contributed by atoms with Gasteiger partial charge in [-0.3, -0.25) is 18.6 Å². The van der Waals surface area contributed by atoms with Gasteiger partial charge < -0.3 is 5.32 Å². The van der Waals surface area contributed by atoms with E-state index >= 15 is 0 Å². The molecule has 0 aliphatic rings. The number of amides is 1. The number of anilines is 1. The van der Waals surface area contributed by atoms with E-state index in [4.69, 9.17) is 11.6 Å². The van der Waals surface area contributed by atoms with Crippen LogP contribution in [-0.2, 0) is 4.79 Å².